The van der Waals surface area contributed by atoms with Crippen molar-refractivity contribution in [2.24, 2.45) is 0 Å². The molecule has 0 aromatic carbocycles. The van der Waals surface area contributed by atoms with E-state index < -0.39 is 10.0 Å². The fourth-order valence-electron chi connectivity index (χ4n) is 1.61. The Kier molecular flexibility index (Phi) is 4.05. The Morgan fingerprint density at radius 2 is 2.15 bits per heavy atom. The van der Waals surface area contributed by atoms with Crippen LogP contribution in [0.2, 0.25) is 0 Å². The second-order valence-electron chi connectivity index (χ2n) is 4.45. The van der Waals surface area contributed by atoms with Gasteiger partial charge in [-0.15, -0.1) is 0 Å². The summed E-state index contributed by atoms with van der Waals surface area (Å²) in [6, 6.07) is 5.45. The number of fused-ring (bicyclic) bond motifs is 1. The highest BCUT2D eigenvalue weighted by molar-refractivity contribution is 7.89. The lowest BCUT2D eigenvalue weighted by atomic mass is 10.4. The summed E-state index contributed by atoms with van der Waals surface area (Å²) in [7, 11) is -0.392. The third kappa shape index (κ3) is 3.14. The summed E-state index contributed by atoms with van der Waals surface area (Å²) in [5.41, 5.74) is 0.928. The summed E-state index contributed by atoms with van der Waals surface area (Å²) in [4.78, 5) is 16.0. The lowest BCUT2D eigenvalue weighted by Gasteiger charge is -2.11. The van der Waals surface area contributed by atoms with Gasteiger partial charge >= 0.3 is 0 Å². The standard InChI is InChI=1S/C12H16N4O3S/c1-15(2)20(18,19)8-6-13-12(17)10-9-16-7-4-3-5-11(16)14-10/h3-5,7,9H,6,8H2,1-2H3,(H,13,17). The third-order valence-electron chi connectivity index (χ3n) is 2.80. The molecule has 0 saturated heterocycles. The van der Waals surface area contributed by atoms with Gasteiger partial charge in [-0.1, -0.05) is 6.07 Å². The molecule has 8 heteroatoms. The van der Waals surface area contributed by atoms with E-state index in [0.29, 0.717) is 5.65 Å². The van der Waals surface area contributed by atoms with Crippen LogP contribution in [0.5, 0.6) is 0 Å². The molecule has 0 spiro atoms. The van der Waals surface area contributed by atoms with E-state index in [1.54, 1.807) is 22.9 Å². The van der Waals surface area contributed by atoms with E-state index in [9.17, 15) is 13.2 Å². The molecule has 0 unspecified atom stereocenters. The summed E-state index contributed by atoms with van der Waals surface area (Å²) in [6.07, 6.45) is 3.39. The maximum atomic E-state index is 11.9. The Hall–Kier alpha value is -1.93. The van der Waals surface area contributed by atoms with Crippen molar-refractivity contribution in [3.05, 3.63) is 36.3 Å². The Bertz CT molecular complexity index is 688. The molecule has 2 aromatic heterocycles. The molecule has 0 fully saturated rings. The second kappa shape index (κ2) is 5.59. The zero-order valence-electron chi connectivity index (χ0n) is 11.3. The first-order valence-electron chi connectivity index (χ1n) is 6.02. The monoisotopic (exact) mass is 296 g/mol. The molecule has 0 atom stereocenters. The molecule has 108 valence electrons. The Morgan fingerprint density at radius 1 is 1.40 bits per heavy atom. The van der Waals surface area contributed by atoms with Gasteiger partial charge in [0.25, 0.3) is 5.91 Å². The van der Waals surface area contributed by atoms with E-state index in [0.717, 1.165) is 4.31 Å². The van der Waals surface area contributed by atoms with Crippen molar-refractivity contribution in [3.63, 3.8) is 0 Å². The quantitative estimate of drug-likeness (QED) is 0.839. The fraction of sp³-hybridized carbons (Fsp3) is 0.333. The molecular weight excluding hydrogens is 280 g/mol. The van der Waals surface area contributed by atoms with Crippen LogP contribution in [0.25, 0.3) is 5.65 Å². The van der Waals surface area contributed by atoms with Gasteiger partial charge in [0, 0.05) is 33.0 Å². The summed E-state index contributed by atoms with van der Waals surface area (Å²) in [6.45, 7) is 0.0488. The predicted molar refractivity (Wildman–Crippen MR) is 75.0 cm³/mol. The number of nitrogens with one attached hydrogen (secondary N) is 1. The third-order valence-corrected chi connectivity index (χ3v) is 4.63. The number of nitrogens with zero attached hydrogens (tertiary/aromatic N) is 3. The summed E-state index contributed by atoms with van der Waals surface area (Å²) in [5, 5.41) is 2.55. The lowest BCUT2D eigenvalue weighted by molar-refractivity contribution is 0.0951. The van der Waals surface area contributed by atoms with Gasteiger partial charge in [0.1, 0.15) is 11.3 Å². The Labute approximate surface area is 117 Å². The van der Waals surface area contributed by atoms with E-state index >= 15 is 0 Å². The molecule has 7 nitrogen and oxygen atoms in total. The molecular formula is C12H16N4O3S. The molecule has 0 radical (unpaired) electrons. The zero-order valence-corrected chi connectivity index (χ0v) is 12.1. The van der Waals surface area contributed by atoms with E-state index in [1.165, 1.54) is 14.1 Å². The van der Waals surface area contributed by atoms with Crippen molar-refractivity contribution in [2.75, 3.05) is 26.4 Å². The minimum Gasteiger partial charge on any atom is -0.350 e. The summed E-state index contributed by atoms with van der Waals surface area (Å²) in [5.74, 6) is -0.526. The first kappa shape index (κ1) is 14.5. The lowest BCUT2D eigenvalue weighted by Crippen LogP contribution is -2.34. The van der Waals surface area contributed by atoms with Gasteiger partial charge in [-0.05, 0) is 12.1 Å². The second-order valence-corrected chi connectivity index (χ2v) is 6.75. The van der Waals surface area contributed by atoms with Crippen LogP contribution < -0.4 is 5.32 Å². The zero-order chi connectivity index (χ0) is 14.8. The van der Waals surface area contributed by atoms with Gasteiger partial charge in [0.2, 0.25) is 10.0 Å². The molecule has 0 aliphatic carbocycles. The number of hydrogen-bond donors (Lipinski definition) is 1. The van der Waals surface area contributed by atoms with Crippen molar-refractivity contribution in [3.8, 4) is 0 Å². The normalized spacial score (nSPS) is 11.9. The number of aromatic nitrogens is 2. The predicted octanol–water partition coefficient (Wildman–Crippen LogP) is -0.0445. The van der Waals surface area contributed by atoms with E-state index in [2.05, 4.69) is 10.3 Å². The molecule has 2 rings (SSSR count). The van der Waals surface area contributed by atoms with Crippen LogP contribution in [0.1, 0.15) is 10.5 Å². The van der Waals surface area contributed by atoms with Crippen LogP contribution >= 0.6 is 0 Å². The first-order chi connectivity index (χ1) is 9.40. The maximum Gasteiger partial charge on any atom is 0.271 e. The van der Waals surface area contributed by atoms with Crippen LogP contribution in [0.4, 0.5) is 0 Å². The number of hydrogen-bond acceptors (Lipinski definition) is 4. The average Bonchev–Trinajstić information content (AvgIpc) is 2.82. The van der Waals surface area contributed by atoms with E-state index in [1.807, 2.05) is 12.1 Å². The van der Waals surface area contributed by atoms with Crippen LogP contribution in [-0.2, 0) is 10.0 Å². The van der Waals surface area contributed by atoms with Crippen molar-refractivity contribution in [1.29, 1.82) is 0 Å². The average molecular weight is 296 g/mol. The van der Waals surface area contributed by atoms with Crippen LogP contribution in [0.3, 0.4) is 0 Å². The summed E-state index contributed by atoms with van der Waals surface area (Å²) < 4.78 is 25.9. The highest BCUT2D eigenvalue weighted by Gasteiger charge is 2.15. The van der Waals surface area contributed by atoms with Crippen LogP contribution in [0, 0.1) is 0 Å². The highest BCUT2D eigenvalue weighted by Crippen LogP contribution is 2.04. The van der Waals surface area contributed by atoms with Gasteiger partial charge < -0.3 is 9.72 Å². The highest BCUT2D eigenvalue weighted by atomic mass is 32.2. The van der Waals surface area contributed by atoms with Gasteiger partial charge in [0.05, 0.1) is 5.75 Å². The van der Waals surface area contributed by atoms with Crippen molar-refractivity contribution in [1.82, 2.24) is 19.0 Å². The first-order valence-corrected chi connectivity index (χ1v) is 7.63. The minimum absolute atomic E-state index is 0.0488. The molecule has 2 aromatic rings. The molecule has 0 saturated carbocycles. The molecule has 0 aliphatic heterocycles. The molecule has 1 amide bonds. The molecule has 2 heterocycles. The SMILES string of the molecule is CN(C)S(=O)(=O)CCNC(=O)c1cn2ccccc2n1. The number of carbonyl (C=O) groups is 1. The largest absolute Gasteiger partial charge is 0.350 e. The number of carbonyl (C=O) groups excluding carboxylic acids is 1. The molecule has 0 aliphatic rings. The van der Waals surface area contributed by atoms with Gasteiger partial charge in [-0.25, -0.2) is 17.7 Å². The van der Waals surface area contributed by atoms with Gasteiger partial charge in [-0.3, -0.25) is 4.79 Å². The molecule has 20 heavy (non-hydrogen) atoms. The van der Waals surface area contributed by atoms with E-state index in [-0.39, 0.29) is 23.9 Å². The van der Waals surface area contributed by atoms with Crippen LogP contribution in [0.15, 0.2) is 30.6 Å². The fourth-order valence-corrected chi connectivity index (χ4v) is 2.34. The smallest absolute Gasteiger partial charge is 0.271 e. The molecule has 0 bridgehead atoms. The number of amides is 1. The molecule has 1 N–H and O–H groups in total. The number of sulfonamides is 1. The van der Waals surface area contributed by atoms with E-state index in [4.69, 9.17) is 0 Å². The Balaban J connectivity index is 1.99. The number of rotatable bonds is 5. The van der Waals surface area contributed by atoms with Gasteiger partial charge in [0.15, 0.2) is 0 Å². The van der Waals surface area contributed by atoms with Crippen molar-refractivity contribution < 1.29 is 13.2 Å². The van der Waals surface area contributed by atoms with Crippen molar-refractivity contribution >= 4 is 21.6 Å². The van der Waals surface area contributed by atoms with Crippen LogP contribution in [-0.4, -0.2) is 54.4 Å². The Morgan fingerprint density at radius 3 is 2.80 bits per heavy atom. The number of pyridine rings is 1. The topological polar surface area (TPSA) is 83.8 Å². The van der Waals surface area contributed by atoms with Crippen molar-refractivity contribution in [2.45, 2.75) is 0 Å². The van der Waals surface area contributed by atoms with Gasteiger partial charge in [-0.2, -0.15) is 0 Å². The maximum absolute atomic E-state index is 11.9. The minimum atomic E-state index is -3.31. The summed E-state index contributed by atoms with van der Waals surface area (Å²) >= 11 is 0. The number of imidazole rings is 1.